The molecule has 0 bridgehead atoms. The summed E-state index contributed by atoms with van der Waals surface area (Å²) in [6, 6.07) is 4.73. The Morgan fingerprint density at radius 3 is 2.65 bits per heavy atom. The normalized spacial score (nSPS) is 11.8. The molecule has 3 nitrogen and oxygen atoms in total. The quantitative estimate of drug-likeness (QED) is 0.841. The molecule has 0 aliphatic rings. The van der Waals surface area contributed by atoms with Crippen LogP contribution in [0, 0.1) is 0 Å². The Morgan fingerprint density at radius 2 is 2.10 bits per heavy atom. The number of hydrogen-bond donors (Lipinski definition) is 1. The van der Waals surface area contributed by atoms with Gasteiger partial charge in [0.25, 0.3) is 0 Å². The molecule has 0 aromatic heterocycles. The lowest BCUT2D eigenvalue weighted by atomic mass is 10.1. The molecule has 0 heterocycles. The Labute approximate surface area is 119 Å². The Balaban J connectivity index is 2.99. The molecule has 0 saturated carbocycles. The summed E-state index contributed by atoms with van der Waals surface area (Å²) in [4.78, 5) is 11.9. The predicted octanol–water partition coefficient (Wildman–Crippen LogP) is 3.83. The molecule has 0 aliphatic carbocycles. The maximum atomic E-state index is 12.2. The van der Waals surface area contributed by atoms with E-state index in [-0.39, 0.29) is 11.6 Å². The van der Waals surface area contributed by atoms with E-state index < -0.39 is 18.6 Å². The molecular weight excluding hydrogens is 295 g/mol. The van der Waals surface area contributed by atoms with Crippen LogP contribution in [-0.2, 0) is 4.79 Å². The van der Waals surface area contributed by atoms with Crippen LogP contribution in [0.3, 0.4) is 0 Å². The maximum Gasteiger partial charge on any atom is 0.390 e. The van der Waals surface area contributed by atoms with Gasteiger partial charge in [0, 0.05) is 35.9 Å². The van der Waals surface area contributed by atoms with Crippen LogP contribution in [0.15, 0.2) is 24.3 Å². The summed E-state index contributed by atoms with van der Waals surface area (Å²) in [7, 11) is 1.50. The molecule has 0 radical (unpaired) electrons. The van der Waals surface area contributed by atoms with Crippen LogP contribution in [0.4, 0.5) is 18.9 Å². The van der Waals surface area contributed by atoms with Crippen LogP contribution in [0.2, 0.25) is 5.02 Å². The van der Waals surface area contributed by atoms with Crippen molar-refractivity contribution < 1.29 is 23.1 Å². The summed E-state index contributed by atoms with van der Waals surface area (Å²) in [6.45, 7) is -0.238. The molecule has 0 spiro atoms. The molecule has 0 saturated heterocycles. The molecule has 0 amide bonds. The fourth-order valence-electron chi connectivity index (χ4n) is 1.59. The third-order valence-corrected chi connectivity index (χ3v) is 2.89. The average Bonchev–Trinajstić information content (AvgIpc) is 2.33. The Morgan fingerprint density at radius 1 is 1.45 bits per heavy atom. The lowest BCUT2D eigenvalue weighted by molar-refractivity contribution is -0.132. The second-order valence-corrected chi connectivity index (χ2v) is 4.54. The standard InChI is InChI=1S/C13H13ClF3NO2/c1-18(8-7-13(15,16)17)11-4-2-3-10(14)9(11)5-6-12(19)20/h2-6H,7-8H2,1H3,(H,19,20). The molecule has 0 aliphatic heterocycles. The van der Waals surface area contributed by atoms with Gasteiger partial charge in [-0.2, -0.15) is 13.2 Å². The first-order valence-electron chi connectivity index (χ1n) is 5.68. The van der Waals surface area contributed by atoms with E-state index in [1.807, 2.05) is 0 Å². The van der Waals surface area contributed by atoms with E-state index in [1.165, 1.54) is 18.0 Å². The summed E-state index contributed by atoms with van der Waals surface area (Å²) in [5, 5.41) is 8.89. The summed E-state index contributed by atoms with van der Waals surface area (Å²) < 4.78 is 36.7. The van der Waals surface area contributed by atoms with Crippen molar-refractivity contribution in [3.63, 3.8) is 0 Å². The van der Waals surface area contributed by atoms with Crippen molar-refractivity contribution in [2.45, 2.75) is 12.6 Å². The van der Waals surface area contributed by atoms with Crippen LogP contribution in [0.25, 0.3) is 6.08 Å². The molecule has 110 valence electrons. The van der Waals surface area contributed by atoms with E-state index in [0.29, 0.717) is 11.3 Å². The topological polar surface area (TPSA) is 40.5 Å². The number of anilines is 1. The van der Waals surface area contributed by atoms with Gasteiger partial charge in [0.1, 0.15) is 0 Å². The number of halogens is 4. The van der Waals surface area contributed by atoms with Crippen molar-refractivity contribution >= 4 is 29.3 Å². The largest absolute Gasteiger partial charge is 0.478 e. The average molecular weight is 308 g/mol. The third kappa shape index (κ3) is 5.13. The fraction of sp³-hybridized carbons (Fsp3) is 0.308. The first-order chi connectivity index (χ1) is 9.20. The van der Waals surface area contributed by atoms with E-state index in [4.69, 9.17) is 16.7 Å². The van der Waals surface area contributed by atoms with Gasteiger partial charge in [-0.05, 0) is 18.2 Å². The van der Waals surface area contributed by atoms with Gasteiger partial charge in [-0.3, -0.25) is 0 Å². The zero-order chi connectivity index (χ0) is 15.3. The van der Waals surface area contributed by atoms with Crippen LogP contribution in [-0.4, -0.2) is 30.8 Å². The number of benzene rings is 1. The number of carboxylic acid groups (broad SMARTS) is 1. The molecule has 7 heteroatoms. The van der Waals surface area contributed by atoms with Gasteiger partial charge in [0.2, 0.25) is 0 Å². The molecule has 1 aromatic carbocycles. The van der Waals surface area contributed by atoms with Crippen molar-refractivity contribution in [2.75, 3.05) is 18.5 Å². The zero-order valence-electron chi connectivity index (χ0n) is 10.6. The Bertz CT molecular complexity index is 515. The number of hydrogen-bond acceptors (Lipinski definition) is 2. The van der Waals surface area contributed by atoms with E-state index in [2.05, 4.69) is 0 Å². The zero-order valence-corrected chi connectivity index (χ0v) is 11.4. The minimum absolute atomic E-state index is 0.238. The molecule has 0 unspecified atom stereocenters. The van der Waals surface area contributed by atoms with Gasteiger partial charge in [-0.15, -0.1) is 0 Å². The van der Waals surface area contributed by atoms with Gasteiger partial charge < -0.3 is 10.0 Å². The highest BCUT2D eigenvalue weighted by Crippen LogP contribution is 2.29. The first kappa shape index (κ1) is 16.4. The highest BCUT2D eigenvalue weighted by Gasteiger charge is 2.27. The number of aliphatic carboxylic acids is 1. The summed E-state index contributed by atoms with van der Waals surface area (Å²) >= 11 is 5.95. The Kier molecular flexibility index (Phi) is 5.44. The smallest absolute Gasteiger partial charge is 0.390 e. The number of carboxylic acids is 1. The highest BCUT2D eigenvalue weighted by atomic mass is 35.5. The van der Waals surface area contributed by atoms with Gasteiger partial charge >= 0.3 is 12.1 Å². The summed E-state index contributed by atoms with van der Waals surface area (Å²) in [5.41, 5.74) is 0.820. The first-order valence-corrected chi connectivity index (χ1v) is 6.06. The second-order valence-electron chi connectivity index (χ2n) is 4.13. The van der Waals surface area contributed by atoms with E-state index >= 15 is 0 Å². The van der Waals surface area contributed by atoms with Crippen molar-refractivity contribution in [2.24, 2.45) is 0 Å². The van der Waals surface area contributed by atoms with Gasteiger partial charge in [-0.25, -0.2) is 4.79 Å². The third-order valence-electron chi connectivity index (χ3n) is 2.56. The minimum Gasteiger partial charge on any atom is -0.478 e. The highest BCUT2D eigenvalue weighted by molar-refractivity contribution is 6.32. The Hall–Kier alpha value is -1.69. The molecule has 0 fully saturated rings. The van der Waals surface area contributed by atoms with Crippen LogP contribution in [0.1, 0.15) is 12.0 Å². The van der Waals surface area contributed by atoms with E-state index in [0.717, 1.165) is 6.08 Å². The van der Waals surface area contributed by atoms with Crippen LogP contribution >= 0.6 is 11.6 Å². The number of rotatable bonds is 5. The fourth-order valence-corrected chi connectivity index (χ4v) is 1.83. The molecule has 1 N–H and O–H groups in total. The predicted molar refractivity (Wildman–Crippen MR) is 72.1 cm³/mol. The van der Waals surface area contributed by atoms with Gasteiger partial charge in [-0.1, -0.05) is 17.7 Å². The lowest BCUT2D eigenvalue weighted by Crippen LogP contribution is -2.24. The number of nitrogens with zero attached hydrogens (tertiary/aromatic N) is 1. The summed E-state index contributed by atoms with van der Waals surface area (Å²) in [6.07, 6.45) is -3.05. The van der Waals surface area contributed by atoms with E-state index in [1.54, 1.807) is 18.2 Å². The second kappa shape index (κ2) is 6.65. The monoisotopic (exact) mass is 307 g/mol. The van der Waals surface area contributed by atoms with Crippen molar-refractivity contribution in [3.05, 3.63) is 34.9 Å². The molecular formula is C13H13ClF3NO2. The van der Waals surface area contributed by atoms with Gasteiger partial charge in [0.05, 0.1) is 6.42 Å². The summed E-state index contributed by atoms with van der Waals surface area (Å²) in [5.74, 6) is -1.16. The van der Waals surface area contributed by atoms with Gasteiger partial charge in [0.15, 0.2) is 0 Å². The van der Waals surface area contributed by atoms with Crippen molar-refractivity contribution in [3.8, 4) is 0 Å². The van der Waals surface area contributed by atoms with Crippen molar-refractivity contribution in [1.82, 2.24) is 0 Å². The molecule has 0 atom stereocenters. The van der Waals surface area contributed by atoms with E-state index in [9.17, 15) is 18.0 Å². The molecule has 1 rings (SSSR count). The minimum atomic E-state index is -4.25. The lowest BCUT2D eigenvalue weighted by Gasteiger charge is -2.22. The number of carbonyl (C=O) groups is 1. The van der Waals surface area contributed by atoms with Crippen LogP contribution < -0.4 is 4.90 Å². The van der Waals surface area contributed by atoms with Crippen LogP contribution in [0.5, 0.6) is 0 Å². The van der Waals surface area contributed by atoms with Crippen molar-refractivity contribution in [1.29, 1.82) is 0 Å². The SMILES string of the molecule is CN(CCC(F)(F)F)c1cccc(Cl)c1C=CC(=O)O. The number of alkyl halides is 3. The molecule has 1 aromatic rings. The molecule has 20 heavy (non-hydrogen) atoms. The maximum absolute atomic E-state index is 12.2.